The molecule has 0 N–H and O–H groups in total. The highest BCUT2D eigenvalue weighted by Crippen LogP contribution is 2.17. The van der Waals surface area contributed by atoms with Crippen molar-refractivity contribution in [2.75, 3.05) is 13.2 Å². The Kier molecular flexibility index (Phi) is 54.2. The predicted molar refractivity (Wildman–Crippen MR) is 289 cm³/mol. The fraction of sp³-hybridized carbons (Fsp3) is 0.852. The Morgan fingerprint density at radius 3 is 0.881 bits per heavy atom. The zero-order valence-corrected chi connectivity index (χ0v) is 44.9. The molecule has 6 nitrogen and oxygen atoms in total. The Bertz CT molecular complexity index is 1130. The van der Waals surface area contributed by atoms with Gasteiger partial charge in [-0.15, -0.1) is 0 Å². The van der Waals surface area contributed by atoms with Crippen LogP contribution in [-0.4, -0.2) is 37.2 Å². The van der Waals surface area contributed by atoms with Gasteiger partial charge in [0.05, 0.1) is 0 Å². The molecule has 0 heterocycles. The lowest BCUT2D eigenvalue weighted by molar-refractivity contribution is -0.167. The molecule has 0 rings (SSSR count). The van der Waals surface area contributed by atoms with Crippen LogP contribution in [-0.2, 0) is 28.6 Å². The van der Waals surface area contributed by atoms with Gasteiger partial charge in [-0.3, -0.25) is 14.4 Å². The van der Waals surface area contributed by atoms with Gasteiger partial charge in [0, 0.05) is 19.3 Å². The van der Waals surface area contributed by atoms with Crippen LogP contribution in [0, 0.1) is 0 Å². The van der Waals surface area contributed by atoms with E-state index in [4.69, 9.17) is 14.2 Å². The van der Waals surface area contributed by atoms with E-state index >= 15 is 0 Å². The number of carbonyl (C=O) groups excluding carboxylic acids is 3. The number of hydrogen-bond acceptors (Lipinski definition) is 6. The molecule has 0 saturated carbocycles. The molecule has 0 bridgehead atoms. The van der Waals surface area contributed by atoms with Gasteiger partial charge in [0.1, 0.15) is 13.2 Å². The number of unbranched alkanes of at least 4 members (excludes halogenated alkanes) is 37. The van der Waals surface area contributed by atoms with Gasteiger partial charge in [0.15, 0.2) is 6.10 Å². The van der Waals surface area contributed by atoms with E-state index < -0.39 is 6.10 Å². The molecule has 0 aliphatic heterocycles. The highest BCUT2D eigenvalue weighted by atomic mass is 16.6. The minimum atomic E-state index is -0.770. The molecule has 0 aliphatic carbocycles. The van der Waals surface area contributed by atoms with Crippen LogP contribution in [0.2, 0.25) is 0 Å². The molecular formula is C61H112O6. The number of hydrogen-bond donors (Lipinski definition) is 0. The summed E-state index contributed by atoms with van der Waals surface area (Å²) in [6.45, 7) is 6.59. The first kappa shape index (κ1) is 64.6. The summed E-state index contributed by atoms with van der Waals surface area (Å²) in [6, 6.07) is 0. The van der Waals surface area contributed by atoms with Crippen LogP contribution in [0.3, 0.4) is 0 Å². The second-order valence-corrected chi connectivity index (χ2v) is 19.9. The summed E-state index contributed by atoms with van der Waals surface area (Å²) in [5.74, 6) is -0.870. The van der Waals surface area contributed by atoms with E-state index in [9.17, 15) is 14.4 Å². The fourth-order valence-electron chi connectivity index (χ4n) is 8.63. The molecule has 6 heteroatoms. The van der Waals surface area contributed by atoms with Crippen LogP contribution in [0.1, 0.15) is 316 Å². The highest BCUT2D eigenvalue weighted by molar-refractivity contribution is 5.71. The maximum Gasteiger partial charge on any atom is 0.306 e. The molecule has 0 aliphatic rings. The number of ether oxygens (including phenoxy) is 3. The van der Waals surface area contributed by atoms with Crippen LogP contribution < -0.4 is 0 Å². The monoisotopic (exact) mass is 941 g/mol. The molecule has 0 aromatic rings. The lowest BCUT2D eigenvalue weighted by Crippen LogP contribution is -2.30. The van der Waals surface area contributed by atoms with Crippen molar-refractivity contribution in [3.8, 4) is 0 Å². The minimum Gasteiger partial charge on any atom is -0.462 e. The second-order valence-electron chi connectivity index (χ2n) is 19.9. The van der Waals surface area contributed by atoms with Crippen LogP contribution in [0.5, 0.6) is 0 Å². The first-order valence-corrected chi connectivity index (χ1v) is 29.5. The lowest BCUT2D eigenvalue weighted by atomic mass is 10.0. The first-order chi connectivity index (χ1) is 33.0. The molecule has 1 atom stereocenters. The maximum atomic E-state index is 12.8. The molecule has 1 unspecified atom stereocenters. The normalized spacial score (nSPS) is 12.2. The van der Waals surface area contributed by atoms with Gasteiger partial charge in [-0.1, -0.05) is 263 Å². The van der Waals surface area contributed by atoms with Crippen LogP contribution in [0.25, 0.3) is 0 Å². The van der Waals surface area contributed by atoms with Crippen molar-refractivity contribution in [3.63, 3.8) is 0 Å². The van der Waals surface area contributed by atoms with Crippen molar-refractivity contribution < 1.29 is 28.6 Å². The average Bonchev–Trinajstić information content (AvgIpc) is 3.33. The molecule has 0 saturated heterocycles. The summed E-state index contributed by atoms with van der Waals surface area (Å²) in [5, 5.41) is 0. The summed E-state index contributed by atoms with van der Waals surface area (Å²) in [7, 11) is 0. The van der Waals surface area contributed by atoms with E-state index in [-0.39, 0.29) is 31.1 Å². The quantitative estimate of drug-likeness (QED) is 0.0262. The zero-order valence-electron chi connectivity index (χ0n) is 44.9. The number of carbonyl (C=O) groups is 3. The molecule has 0 radical (unpaired) electrons. The molecule has 0 fully saturated rings. The van der Waals surface area contributed by atoms with E-state index in [0.717, 1.165) is 70.6 Å². The van der Waals surface area contributed by atoms with Gasteiger partial charge < -0.3 is 14.2 Å². The Labute approximate surface area is 416 Å². The van der Waals surface area contributed by atoms with Crippen molar-refractivity contribution in [1.29, 1.82) is 0 Å². The third kappa shape index (κ3) is 54.4. The Morgan fingerprint density at radius 2 is 0.552 bits per heavy atom. The molecule has 0 aromatic carbocycles. The van der Waals surface area contributed by atoms with Crippen molar-refractivity contribution in [3.05, 3.63) is 36.5 Å². The van der Waals surface area contributed by atoms with Crippen molar-refractivity contribution in [1.82, 2.24) is 0 Å². The van der Waals surface area contributed by atoms with Gasteiger partial charge in [-0.25, -0.2) is 0 Å². The Morgan fingerprint density at radius 1 is 0.299 bits per heavy atom. The van der Waals surface area contributed by atoms with Crippen LogP contribution >= 0.6 is 0 Å². The summed E-state index contributed by atoms with van der Waals surface area (Å²) in [6.07, 6.45) is 67.4. The van der Waals surface area contributed by atoms with E-state index in [2.05, 4.69) is 57.2 Å². The molecule has 0 spiro atoms. The summed E-state index contributed by atoms with van der Waals surface area (Å²) >= 11 is 0. The number of rotatable bonds is 54. The van der Waals surface area contributed by atoms with Crippen molar-refractivity contribution in [2.45, 2.75) is 322 Å². The number of esters is 3. The van der Waals surface area contributed by atoms with Gasteiger partial charge in [0.2, 0.25) is 0 Å². The van der Waals surface area contributed by atoms with Gasteiger partial charge >= 0.3 is 17.9 Å². The topological polar surface area (TPSA) is 78.9 Å². The second kappa shape index (κ2) is 56.2. The zero-order chi connectivity index (χ0) is 48.6. The highest BCUT2D eigenvalue weighted by Gasteiger charge is 2.19. The summed E-state index contributed by atoms with van der Waals surface area (Å²) in [5.41, 5.74) is 0. The maximum absolute atomic E-state index is 12.8. The van der Waals surface area contributed by atoms with E-state index in [1.807, 2.05) is 0 Å². The van der Waals surface area contributed by atoms with Gasteiger partial charge in [0.25, 0.3) is 0 Å². The molecular weight excluding hydrogens is 829 g/mol. The first-order valence-electron chi connectivity index (χ1n) is 29.5. The molecule has 0 amide bonds. The predicted octanol–water partition coefficient (Wildman–Crippen LogP) is 19.7. The van der Waals surface area contributed by atoms with E-state index in [1.54, 1.807) is 0 Å². The third-order valence-electron chi connectivity index (χ3n) is 13.1. The summed E-state index contributed by atoms with van der Waals surface area (Å²) in [4.78, 5) is 37.9. The molecule has 67 heavy (non-hydrogen) atoms. The van der Waals surface area contributed by atoms with Crippen LogP contribution in [0.4, 0.5) is 0 Å². The van der Waals surface area contributed by atoms with Gasteiger partial charge in [-0.2, -0.15) is 0 Å². The largest absolute Gasteiger partial charge is 0.462 e. The van der Waals surface area contributed by atoms with Crippen molar-refractivity contribution in [2.24, 2.45) is 0 Å². The minimum absolute atomic E-state index is 0.0715. The third-order valence-corrected chi connectivity index (χ3v) is 13.1. The fourth-order valence-corrected chi connectivity index (χ4v) is 8.63. The Hall–Kier alpha value is -2.37. The van der Waals surface area contributed by atoms with Gasteiger partial charge in [-0.05, 0) is 70.6 Å². The molecule has 392 valence electrons. The standard InChI is InChI=1S/C61H112O6/c1-4-7-10-13-16-19-21-22-23-24-25-26-27-28-29-30-31-32-33-34-35-36-37-38-40-42-45-48-51-54-60(63)66-57-58(56-65-59(62)53-50-47-44-41-18-15-12-9-6-3)67-61(64)55-52-49-46-43-39-20-17-14-11-8-5-2/h14,17,21-22,24-25,58H,4-13,15-16,18-20,23,26-57H2,1-3H3/b17-14-,22-21-,25-24-. The van der Waals surface area contributed by atoms with Crippen molar-refractivity contribution >= 4 is 17.9 Å². The van der Waals surface area contributed by atoms with E-state index in [1.165, 1.54) is 205 Å². The molecule has 0 aromatic heterocycles. The van der Waals surface area contributed by atoms with Crippen LogP contribution in [0.15, 0.2) is 36.5 Å². The number of allylic oxidation sites excluding steroid dienone is 6. The average molecular weight is 942 g/mol. The van der Waals surface area contributed by atoms with E-state index in [0.29, 0.717) is 19.3 Å². The smallest absolute Gasteiger partial charge is 0.306 e. The SMILES string of the molecule is CCCC/C=C\CCCCCCCC(=O)OC(COC(=O)CCCCCCCCCCC)COC(=O)CCCCCCCCCCCCCCCCCCC/C=C\C/C=C\CCCCCCC. The lowest BCUT2D eigenvalue weighted by Gasteiger charge is -2.18. The summed E-state index contributed by atoms with van der Waals surface area (Å²) < 4.78 is 16.8. The Balaban J connectivity index is 4.03.